The third kappa shape index (κ3) is 4.49. The number of hydrogen-bond donors (Lipinski definition) is 1. The molecule has 0 radical (unpaired) electrons. The molecule has 0 atom stereocenters. The molecule has 2 rings (SSSR count). The molecule has 0 aliphatic rings. The van der Waals surface area contributed by atoms with E-state index in [9.17, 15) is 9.18 Å². The number of carbonyl (C=O) groups excluding carboxylic acids is 1. The minimum absolute atomic E-state index is 0.174. The van der Waals surface area contributed by atoms with Gasteiger partial charge >= 0.3 is 0 Å². The van der Waals surface area contributed by atoms with Crippen LogP contribution in [0.3, 0.4) is 0 Å². The van der Waals surface area contributed by atoms with Gasteiger partial charge in [0.1, 0.15) is 12.2 Å². The molecule has 0 spiro atoms. The molecular formula is C17H11FN2O. The van der Waals surface area contributed by atoms with E-state index >= 15 is 0 Å². The second-order valence-electron chi connectivity index (χ2n) is 4.22. The van der Waals surface area contributed by atoms with Crippen LogP contribution < -0.4 is 5.32 Å². The van der Waals surface area contributed by atoms with Gasteiger partial charge in [-0.25, -0.2) is 4.39 Å². The first kappa shape index (κ1) is 14.3. The maximum Gasteiger partial charge on any atom is 0.238 e. The van der Waals surface area contributed by atoms with E-state index < -0.39 is 0 Å². The maximum absolute atomic E-state index is 12.8. The lowest BCUT2D eigenvalue weighted by Gasteiger charge is -2.01. The molecule has 4 heteroatoms. The van der Waals surface area contributed by atoms with Crippen molar-refractivity contribution in [2.45, 2.75) is 6.42 Å². The van der Waals surface area contributed by atoms with Gasteiger partial charge in [-0.3, -0.25) is 4.79 Å². The second kappa shape index (κ2) is 6.88. The van der Waals surface area contributed by atoms with Crippen LogP contribution in [0.25, 0.3) is 0 Å². The highest BCUT2D eigenvalue weighted by Crippen LogP contribution is 2.09. The van der Waals surface area contributed by atoms with Gasteiger partial charge in [-0.2, -0.15) is 5.26 Å². The van der Waals surface area contributed by atoms with E-state index in [1.165, 1.54) is 12.1 Å². The van der Waals surface area contributed by atoms with Crippen LogP contribution in [0.5, 0.6) is 0 Å². The molecule has 2 aromatic rings. The molecular weight excluding hydrogens is 267 g/mol. The molecule has 0 aliphatic carbocycles. The lowest BCUT2D eigenvalue weighted by Crippen LogP contribution is -2.09. The molecule has 0 heterocycles. The fourth-order valence-corrected chi connectivity index (χ4v) is 1.59. The molecule has 0 aliphatic heterocycles. The molecule has 0 unspecified atom stereocenters. The molecule has 0 fully saturated rings. The van der Waals surface area contributed by atoms with Crippen molar-refractivity contribution in [2.24, 2.45) is 0 Å². The number of anilines is 1. The number of carbonyl (C=O) groups is 1. The van der Waals surface area contributed by atoms with Gasteiger partial charge in [-0.05, 0) is 48.5 Å². The van der Waals surface area contributed by atoms with Crippen LogP contribution in [0.1, 0.15) is 17.5 Å². The highest BCUT2D eigenvalue weighted by molar-refractivity contribution is 5.92. The normalized spacial score (nSPS) is 9.14. The zero-order valence-corrected chi connectivity index (χ0v) is 11.1. The highest BCUT2D eigenvalue weighted by Gasteiger charge is 2.00. The summed E-state index contributed by atoms with van der Waals surface area (Å²) in [4.78, 5) is 11.2. The predicted molar refractivity (Wildman–Crippen MR) is 77.7 cm³/mol. The quantitative estimate of drug-likeness (QED) is 0.858. The largest absolute Gasteiger partial charge is 0.325 e. The smallest absolute Gasteiger partial charge is 0.238 e. The highest BCUT2D eigenvalue weighted by atomic mass is 19.1. The summed E-state index contributed by atoms with van der Waals surface area (Å²) >= 11 is 0. The van der Waals surface area contributed by atoms with Crippen molar-refractivity contribution in [3.05, 3.63) is 65.5 Å². The number of nitriles is 1. The van der Waals surface area contributed by atoms with Crippen LogP contribution in [-0.2, 0) is 4.79 Å². The molecule has 0 aromatic heterocycles. The summed E-state index contributed by atoms with van der Waals surface area (Å²) in [5.74, 6) is 5.23. The average Bonchev–Trinajstić information content (AvgIpc) is 2.48. The Morgan fingerprint density at radius 2 is 1.52 bits per heavy atom. The zero-order valence-electron chi connectivity index (χ0n) is 11.1. The van der Waals surface area contributed by atoms with Crippen LogP contribution in [0.15, 0.2) is 48.5 Å². The van der Waals surface area contributed by atoms with Crippen molar-refractivity contribution < 1.29 is 9.18 Å². The molecule has 2 aromatic carbocycles. The number of nitrogens with one attached hydrogen (secondary N) is 1. The van der Waals surface area contributed by atoms with Crippen molar-refractivity contribution in [2.75, 3.05) is 5.32 Å². The van der Waals surface area contributed by atoms with Gasteiger partial charge in [0.2, 0.25) is 5.91 Å². The topological polar surface area (TPSA) is 52.9 Å². The average molecular weight is 278 g/mol. The van der Waals surface area contributed by atoms with Gasteiger partial charge in [0, 0.05) is 16.8 Å². The van der Waals surface area contributed by atoms with Crippen molar-refractivity contribution >= 4 is 11.6 Å². The summed E-state index contributed by atoms with van der Waals surface area (Å²) in [5.41, 5.74) is 2.11. The molecule has 21 heavy (non-hydrogen) atoms. The third-order valence-electron chi connectivity index (χ3n) is 2.60. The van der Waals surface area contributed by atoms with Gasteiger partial charge in [0.05, 0.1) is 6.07 Å². The summed E-state index contributed by atoms with van der Waals surface area (Å²) < 4.78 is 12.8. The third-order valence-corrected chi connectivity index (χ3v) is 2.60. The number of nitrogens with zero attached hydrogens (tertiary/aromatic N) is 1. The summed E-state index contributed by atoms with van der Waals surface area (Å²) in [6, 6.07) is 14.7. The van der Waals surface area contributed by atoms with E-state index in [1.807, 2.05) is 0 Å². The van der Waals surface area contributed by atoms with Crippen LogP contribution in [0, 0.1) is 29.0 Å². The van der Waals surface area contributed by atoms with E-state index in [2.05, 4.69) is 17.2 Å². The minimum atomic E-state index is -0.345. The van der Waals surface area contributed by atoms with Crippen molar-refractivity contribution in [3.8, 4) is 17.9 Å². The molecule has 1 N–H and O–H groups in total. The summed E-state index contributed by atoms with van der Waals surface area (Å²) in [6.07, 6.45) is -0.174. The van der Waals surface area contributed by atoms with Crippen molar-refractivity contribution in [3.63, 3.8) is 0 Å². The Kier molecular flexibility index (Phi) is 4.69. The number of amides is 1. The maximum atomic E-state index is 12.8. The lowest BCUT2D eigenvalue weighted by molar-refractivity contribution is -0.115. The fraction of sp³-hybridized carbons (Fsp3) is 0.0588. The monoisotopic (exact) mass is 278 g/mol. The molecule has 0 bridgehead atoms. The predicted octanol–water partition coefficient (Wildman–Crippen LogP) is 3.08. The van der Waals surface area contributed by atoms with Gasteiger partial charge in [-0.1, -0.05) is 11.8 Å². The summed E-state index contributed by atoms with van der Waals surface area (Å²) in [5, 5.41) is 11.0. The Morgan fingerprint density at radius 1 is 1.00 bits per heavy atom. The van der Waals surface area contributed by atoms with Gasteiger partial charge in [0.25, 0.3) is 0 Å². The first-order chi connectivity index (χ1) is 10.2. The Morgan fingerprint density at radius 3 is 2.05 bits per heavy atom. The number of hydrogen-bond acceptors (Lipinski definition) is 2. The summed E-state index contributed by atoms with van der Waals surface area (Å²) in [7, 11) is 0. The molecule has 0 saturated carbocycles. The Labute approximate surface area is 122 Å². The number of benzene rings is 2. The van der Waals surface area contributed by atoms with Crippen LogP contribution in [0.2, 0.25) is 0 Å². The van der Waals surface area contributed by atoms with E-state index in [4.69, 9.17) is 5.26 Å². The minimum Gasteiger partial charge on any atom is -0.325 e. The molecule has 102 valence electrons. The van der Waals surface area contributed by atoms with Gasteiger partial charge in [-0.15, -0.1) is 0 Å². The molecule has 3 nitrogen and oxygen atoms in total. The first-order valence-corrected chi connectivity index (χ1v) is 6.22. The Balaban J connectivity index is 2.05. The van der Waals surface area contributed by atoms with Crippen LogP contribution in [0.4, 0.5) is 10.1 Å². The molecule has 1 amide bonds. The van der Waals surface area contributed by atoms with E-state index in [1.54, 1.807) is 42.5 Å². The van der Waals surface area contributed by atoms with Crippen LogP contribution in [-0.4, -0.2) is 5.91 Å². The lowest BCUT2D eigenvalue weighted by atomic mass is 10.1. The zero-order chi connectivity index (χ0) is 15.1. The van der Waals surface area contributed by atoms with Crippen molar-refractivity contribution in [1.29, 1.82) is 5.26 Å². The van der Waals surface area contributed by atoms with Gasteiger partial charge in [0.15, 0.2) is 0 Å². The van der Waals surface area contributed by atoms with Crippen LogP contribution >= 0.6 is 0 Å². The Bertz CT molecular complexity index is 732. The van der Waals surface area contributed by atoms with E-state index in [0.717, 1.165) is 11.1 Å². The molecule has 0 saturated heterocycles. The Hall–Kier alpha value is -3.11. The fourth-order valence-electron chi connectivity index (χ4n) is 1.59. The SMILES string of the molecule is N#CCC(=O)Nc1ccc(C#Cc2ccc(F)cc2)cc1. The van der Waals surface area contributed by atoms with Gasteiger partial charge < -0.3 is 5.32 Å². The van der Waals surface area contributed by atoms with E-state index in [-0.39, 0.29) is 18.1 Å². The van der Waals surface area contributed by atoms with E-state index in [0.29, 0.717) is 5.69 Å². The van der Waals surface area contributed by atoms with Crippen molar-refractivity contribution in [1.82, 2.24) is 0 Å². The number of halogens is 1. The second-order valence-corrected chi connectivity index (χ2v) is 4.22. The first-order valence-electron chi connectivity index (χ1n) is 6.22. The standard InChI is InChI=1S/C17H11FN2O/c18-15-7-3-13(4-8-15)1-2-14-5-9-16(10-6-14)20-17(21)11-12-19/h3-10H,11H2,(H,20,21). The number of rotatable bonds is 2. The summed E-state index contributed by atoms with van der Waals surface area (Å²) in [6.45, 7) is 0.